The molecule has 122 valence electrons. The summed E-state index contributed by atoms with van der Waals surface area (Å²) in [6, 6.07) is 13.2. The van der Waals surface area contributed by atoms with E-state index in [4.69, 9.17) is 0 Å². The molecule has 1 aliphatic rings. The Morgan fingerprint density at radius 2 is 2.04 bits per heavy atom. The van der Waals surface area contributed by atoms with Crippen molar-refractivity contribution in [2.24, 2.45) is 0 Å². The van der Waals surface area contributed by atoms with Gasteiger partial charge in [0.05, 0.1) is 0 Å². The number of carbonyl (C=O) groups is 1. The summed E-state index contributed by atoms with van der Waals surface area (Å²) in [5, 5.41) is 18.9. The predicted octanol–water partition coefficient (Wildman–Crippen LogP) is 1.24. The molecule has 24 heavy (non-hydrogen) atoms. The van der Waals surface area contributed by atoms with E-state index in [0.29, 0.717) is 18.0 Å². The summed E-state index contributed by atoms with van der Waals surface area (Å²) in [5.41, 5.74) is 1.33. The van der Waals surface area contributed by atoms with Crippen molar-refractivity contribution in [1.82, 2.24) is 30.2 Å². The number of rotatable bonds is 3. The van der Waals surface area contributed by atoms with E-state index in [1.807, 2.05) is 47.4 Å². The fraction of sp³-hybridized carbons (Fsp3) is 0.312. The second kappa shape index (κ2) is 6.23. The molecule has 1 atom stereocenters. The third kappa shape index (κ3) is 2.90. The van der Waals surface area contributed by atoms with Crippen LogP contribution in [0.1, 0.15) is 23.2 Å². The Morgan fingerprint density at radius 1 is 1.17 bits per heavy atom. The maximum absolute atomic E-state index is 12.6. The van der Waals surface area contributed by atoms with Crippen molar-refractivity contribution in [1.29, 1.82) is 0 Å². The van der Waals surface area contributed by atoms with Gasteiger partial charge in [0.15, 0.2) is 5.65 Å². The monoisotopic (exact) mass is 323 g/mol. The van der Waals surface area contributed by atoms with Gasteiger partial charge in [0.1, 0.15) is 5.82 Å². The van der Waals surface area contributed by atoms with Gasteiger partial charge in [-0.2, -0.15) is 0 Å². The number of nitrogens with zero attached hydrogens (tertiary/aromatic N) is 6. The normalized spacial score (nSPS) is 17.8. The Hall–Kier alpha value is -3.03. The molecule has 1 N–H and O–H groups in total. The number of carbonyl (C=O) groups excluding carboxylic acids is 1. The second-order valence-electron chi connectivity index (χ2n) is 5.85. The van der Waals surface area contributed by atoms with Crippen LogP contribution in [0.2, 0.25) is 0 Å². The summed E-state index contributed by atoms with van der Waals surface area (Å²) in [4.78, 5) is 14.5. The van der Waals surface area contributed by atoms with Crippen LogP contribution < -0.4 is 5.32 Å². The van der Waals surface area contributed by atoms with E-state index in [0.717, 1.165) is 24.9 Å². The van der Waals surface area contributed by atoms with Crippen LogP contribution in [-0.4, -0.2) is 55.2 Å². The van der Waals surface area contributed by atoms with Crippen molar-refractivity contribution >= 4 is 17.4 Å². The molecule has 4 rings (SSSR count). The van der Waals surface area contributed by atoms with Gasteiger partial charge < -0.3 is 10.2 Å². The zero-order valence-electron chi connectivity index (χ0n) is 13.0. The lowest BCUT2D eigenvalue weighted by molar-refractivity contribution is 0.0714. The van der Waals surface area contributed by atoms with E-state index in [-0.39, 0.29) is 11.9 Å². The van der Waals surface area contributed by atoms with Gasteiger partial charge in [-0.15, -0.1) is 14.8 Å². The molecule has 8 heteroatoms. The number of tetrazole rings is 1. The number of aromatic nitrogens is 5. The molecule has 1 aromatic carbocycles. The number of fused-ring (bicyclic) bond motifs is 1. The van der Waals surface area contributed by atoms with Crippen LogP contribution in [0.15, 0.2) is 42.5 Å². The van der Waals surface area contributed by atoms with Gasteiger partial charge in [-0.05, 0) is 47.5 Å². The van der Waals surface area contributed by atoms with Crippen LogP contribution in [0.5, 0.6) is 0 Å². The van der Waals surface area contributed by atoms with Gasteiger partial charge in [0.2, 0.25) is 0 Å². The SMILES string of the molecule is O=C(c1ccccc1)N1CCC[C@@H](Nc2ccc3nnnn3n2)C1. The largest absolute Gasteiger partial charge is 0.364 e. The van der Waals surface area contributed by atoms with Crippen molar-refractivity contribution in [3.63, 3.8) is 0 Å². The molecule has 1 aliphatic heterocycles. The van der Waals surface area contributed by atoms with Gasteiger partial charge in [-0.1, -0.05) is 18.2 Å². The van der Waals surface area contributed by atoms with Gasteiger partial charge >= 0.3 is 0 Å². The van der Waals surface area contributed by atoms with Crippen LogP contribution in [-0.2, 0) is 0 Å². The summed E-state index contributed by atoms with van der Waals surface area (Å²) in [7, 11) is 0. The fourth-order valence-corrected chi connectivity index (χ4v) is 2.98. The Balaban J connectivity index is 1.45. The predicted molar refractivity (Wildman–Crippen MR) is 87.6 cm³/mol. The Kier molecular flexibility index (Phi) is 3.78. The molecule has 1 amide bonds. The molecule has 2 aromatic heterocycles. The lowest BCUT2D eigenvalue weighted by Gasteiger charge is -2.33. The molecular formula is C16H17N7O. The van der Waals surface area contributed by atoms with Crippen LogP contribution in [0.4, 0.5) is 5.82 Å². The number of nitrogens with one attached hydrogen (secondary N) is 1. The molecule has 3 heterocycles. The van der Waals surface area contributed by atoms with E-state index >= 15 is 0 Å². The third-order valence-corrected chi connectivity index (χ3v) is 4.15. The summed E-state index contributed by atoms with van der Waals surface area (Å²) < 4.78 is 1.39. The highest BCUT2D eigenvalue weighted by Crippen LogP contribution is 2.17. The number of likely N-dealkylation sites (tertiary alicyclic amines) is 1. The first-order valence-corrected chi connectivity index (χ1v) is 7.96. The molecule has 3 aromatic rings. The van der Waals surface area contributed by atoms with Crippen molar-refractivity contribution in [3.05, 3.63) is 48.0 Å². The second-order valence-corrected chi connectivity index (χ2v) is 5.85. The molecule has 0 unspecified atom stereocenters. The lowest BCUT2D eigenvalue weighted by atomic mass is 10.0. The lowest BCUT2D eigenvalue weighted by Crippen LogP contribution is -2.45. The van der Waals surface area contributed by atoms with Crippen LogP contribution in [0, 0.1) is 0 Å². The van der Waals surface area contributed by atoms with E-state index in [9.17, 15) is 4.79 Å². The van der Waals surface area contributed by atoms with Crippen molar-refractivity contribution in [2.45, 2.75) is 18.9 Å². The van der Waals surface area contributed by atoms with Crippen LogP contribution in [0.3, 0.4) is 0 Å². The van der Waals surface area contributed by atoms with E-state index in [1.54, 1.807) is 0 Å². The average Bonchev–Trinajstić information content (AvgIpc) is 3.10. The van der Waals surface area contributed by atoms with Gasteiger partial charge in [0, 0.05) is 24.7 Å². The molecule has 1 fully saturated rings. The number of benzene rings is 1. The highest BCUT2D eigenvalue weighted by atomic mass is 16.2. The highest BCUT2D eigenvalue weighted by Gasteiger charge is 2.24. The minimum absolute atomic E-state index is 0.0750. The topological polar surface area (TPSA) is 88.3 Å². The minimum Gasteiger partial charge on any atom is -0.364 e. The molecule has 8 nitrogen and oxygen atoms in total. The van der Waals surface area contributed by atoms with Gasteiger partial charge in [-0.3, -0.25) is 4.79 Å². The summed E-state index contributed by atoms with van der Waals surface area (Å²) >= 11 is 0. The zero-order valence-corrected chi connectivity index (χ0v) is 13.0. The Morgan fingerprint density at radius 3 is 2.92 bits per heavy atom. The fourth-order valence-electron chi connectivity index (χ4n) is 2.98. The van der Waals surface area contributed by atoms with E-state index in [2.05, 4.69) is 25.9 Å². The number of hydrogen-bond donors (Lipinski definition) is 1. The molecule has 0 spiro atoms. The first-order valence-electron chi connectivity index (χ1n) is 7.96. The third-order valence-electron chi connectivity index (χ3n) is 4.15. The van der Waals surface area contributed by atoms with E-state index in [1.165, 1.54) is 4.63 Å². The smallest absolute Gasteiger partial charge is 0.253 e. The molecule has 0 saturated carbocycles. The molecule has 1 saturated heterocycles. The molecule has 0 bridgehead atoms. The van der Waals surface area contributed by atoms with Crippen LogP contribution in [0.25, 0.3) is 5.65 Å². The van der Waals surface area contributed by atoms with Crippen molar-refractivity contribution in [2.75, 3.05) is 18.4 Å². The van der Waals surface area contributed by atoms with Crippen molar-refractivity contribution in [3.8, 4) is 0 Å². The first kappa shape index (κ1) is 14.6. The average molecular weight is 323 g/mol. The Bertz CT molecular complexity index is 848. The summed E-state index contributed by atoms with van der Waals surface area (Å²) in [5.74, 6) is 0.778. The van der Waals surface area contributed by atoms with Gasteiger partial charge in [-0.25, -0.2) is 0 Å². The van der Waals surface area contributed by atoms with E-state index < -0.39 is 0 Å². The number of piperidine rings is 1. The van der Waals surface area contributed by atoms with Crippen LogP contribution >= 0.6 is 0 Å². The minimum atomic E-state index is 0.0750. The maximum atomic E-state index is 12.6. The van der Waals surface area contributed by atoms with Gasteiger partial charge in [0.25, 0.3) is 5.91 Å². The Labute approximate surface area is 138 Å². The maximum Gasteiger partial charge on any atom is 0.253 e. The number of amides is 1. The molecule has 0 aliphatic carbocycles. The van der Waals surface area contributed by atoms with Crippen molar-refractivity contribution < 1.29 is 4.79 Å². The highest BCUT2D eigenvalue weighted by molar-refractivity contribution is 5.94. The number of anilines is 1. The first-order chi connectivity index (χ1) is 11.8. The molecule has 0 radical (unpaired) electrons. The summed E-state index contributed by atoms with van der Waals surface area (Å²) in [6.45, 7) is 1.44. The number of hydrogen-bond acceptors (Lipinski definition) is 6. The zero-order chi connectivity index (χ0) is 16.4. The molecular weight excluding hydrogens is 306 g/mol. The standard InChI is InChI=1S/C16H17N7O/c24-16(12-5-2-1-3-6-12)22-10-4-7-13(11-22)17-14-8-9-15-18-20-21-23(15)19-14/h1-3,5-6,8-9,13H,4,7,10-11H2,(H,17,19)/t13-/m1/s1. The quantitative estimate of drug-likeness (QED) is 0.780. The summed E-state index contributed by atoms with van der Waals surface area (Å²) in [6.07, 6.45) is 1.96.